The summed E-state index contributed by atoms with van der Waals surface area (Å²) in [5, 5.41) is 4.77. The van der Waals surface area contributed by atoms with Gasteiger partial charge in [-0.25, -0.2) is 9.97 Å². The molecular formula is C12H18ClN3S. The normalized spacial score (nSPS) is 23.9. The maximum Gasteiger partial charge on any atom is 0.137 e. The highest BCUT2D eigenvalue weighted by Gasteiger charge is 2.27. The van der Waals surface area contributed by atoms with E-state index in [1.807, 2.05) is 18.7 Å². The molecule has 0 aromatic carbocycles. The van der Waals surface area contributed by atoms with E-state index in [2.05, 4.69) is 22.2 Å². The topological polar surface area (TPSA) is 37.8 Å². The fourth-order valence-electron chi connectivity index (χ4n) is 2.25. The lowest BCUT2D eigenvalue weighted by Crippen LogP contribution is -2.27. The molecule has 2 unspecified atom stereocenters. The quantitative estimate of drug-likeness (QED) is 0.851. The predicted octanol–water partition coefficient (Wildman–Crippen LogP) is 3.52. The summed E-state index contributed by atoms with van der Waals surface area (Å²) in [5.74, 6) is 2.06. The van der Waals surface area contributed by atoms with E-state index in [-0.39, 0.29) is 0 Å². The van der Waals surface area contributed by atoms with Crippen molar-refractivity contribution >= 4 is 29.2 Å². The SMILES string of the molecule is CCSC1CCCC1Nc1ncnc(Cl)c1C. The molecule has 0 amide bonds. The Morgan fingerprint density at radius 2 is 2.29 bits per heavy atom. The second kappa shape index (κ2) is 5.91. The summed E-state index contributed by atoms with van der Waals surface area (Å²) < 4.78 is 0. The molecule has 1 aliphatic rings. The number of thioether (sulfide) groups is 1. The number of halogens is 1. The number of hydrogen-bond acceptors (Lipinski definition) is 4. The highest BCUT2D eigenvalue weighted by Crippen LogP contribution is 2.32. The highest BCUT2D eigenvalue weighted by atomic mass is 35.5. The van der Waals surface area contributed by atoms with Crippen molar-refractivity contribution in [3.05, 3.63) is 17.0 Å². The van der Waals surface area contributed by atoms with Gasteiger partial charge >= 0.3 is 0 Å². The molecular weight excluding hydrogens is 254 g/mol. The van der Waals surface area contributed by atoms with Gasteiger partial charge in [-0.3, -0.25) is 0 Å². The zero-order chi connectivity index (χ0) is 12.3. The van der Waals surface area contributed by atoms with Crippen molar-refractivity contribution in [3.63, 3.8) is 0 Å². The van der Waals surface area contributed by atoms with Crippen molar-refractivity contribution in [2.75, 3.05) is 11.1 Å². The zero-order valence-electron chi connectivity index (χ0n) is 10.2. The van der Waals surface area contributed by atoms with Gasteiger partial charge in [-0.15, -0.1) is 0 Å². The van der Waals surface area contributed by atoms with Crippen molar-refractivity contribution in [2.24, 2.45) is 0 Å². The average molecular weight is 272 g/mol. The molecule has 1 fully saturated rings. The number of hydrogen-bond donors (Lipinski definition) is 1. The van der Waals surface area contributed by atoms with Gasteiger partial charge in [0.2, 0.25) is 0 Å². The van der Waals surface area contributed by atoms with Gasteiger partial charge in [-0.1, -0.05) is 24.9 Å². The van der Waals surface area contributed by atoms with E-state index in [9.17, 15) is 0 Å². The number of anilines is 1. The predicted molar refractivity (Wildman–Crippen MR) is 75.0 cm³/mol. The van der Waals surface area contributed by atoms with E-state index in [0.29, 0.717) is 16.4 Å². The summed E-state index contributed by atoms with van der Waals surface area (Å²) in [6.07, 6.45) is 5.34. The second-order valence-electron chi connectivity index (χ2n) is 4.31. The summed E-state index contributed by atoms with van der Waals surface area (Å²) in [6, 6.07) is 0.518. The van der Waals surface area contributed by atoms with Crippen LogP contribution in [0.1, 0.15) is 31.7 Å². The van der Waals surface area contributed by atoms with Crippen LogP contribution in [0.25, 0.3) is 0 Å². The molecule has 1 aromatic heterocycles. The van der Waals surface area contributed by atoms with Crippen LogP contribution in [0.2, 0.25) is 5.15 Å². The average Bonchev–Trinajstić information content (AvgIpc) is 2.73. The summed E-state index contributed by atoms with van der Waals surface area (Å²) >= 11 is 8.04. The molecule has 0 spiro atoms. The van der Waals surface area contributed by atoms with Gasteiger partial charge < -0.3 is 5.32 Å². The fraction of sp³-hybridized carbons (Fsp3) is 0.667. The molecule has 1 N–H and O–H groups in total. The number of nitrogens with one attached hydrogen (secondary N) is 1. The highest BCUT2D eigenvalue weighted by molar-refractivity contribution is 7.99. The molecule has 3 nitrogen and oxygen atoms in total. The largest absolute Gasteiger partial charge is 0.366 e. The summed E-state index contributed by atoms with van der Waals surface area (Å²) in [6.45, 7) is 4.18. The van der Waals surface area contributed by atoms with Crippen LogP contribution in [0.3, 0.4) is 0 Å². The Kier molecular flexibility index (Phi) is 4.51. The lowest BCUT2D eigenvalue weighted by Gasteiger charge is -2.21. The number of nitrogens with zero attached hydrogens (tertiary/aromatic N) is 2. The van der Waals surface area contributed by atoms with Crippen molar-refractivity contribution < 1.29 is 0 Å². The van der Waals surface area contributed by atoms with Crippen molar-refractivity contribution in [1.29, 1.82) is 0 Å². The van der Waals surface area contributed by atoms with Crippen molar-refractivity contribution in [3.8, 4) is 0 Å². The summed E-state index contributed by atoms with van der Waals surface area (Å²) in [7, 11) is 0. The Labute approximate surface area is 112 Å². The smallest absolute Gasteiger partial charge is 0.137 e. The Bertz CT molecular complexity index is 386. The minimum absolute atomic E-state index is 0.518. The molecule has 1 aromatic rings. The molecule has 1 aliphatic carbocycles. The lowest BCUT2D eigenvalue weighted by molar-refractivity contribution is 0.760. The van der Waals surface area contributed by atoms with E-state index in [1.54, 1.807) is 0 Å². The van der Waals surface area contributed by atoms with Gasteiger partial charge in [0, 0.05) is 16.9 Å². The Balaban J connectivity index is 2.07. The van der Waals surface area contributed by atoms with Crippen LogP contribution in [-0.2, 0) is 0 Å². The molecule has 0 bridgehead atoms. The van der Waals surface area contributed by atoms with Crippen LogP contribution in [-0.4, -0.2) is 27.0 Å². The molecule has 1 heterocycles. The maximum absolute atomic E-state index is 6.00. The van der Waals surface area contributed by atoms with E-state index in [0.717, 1.165) is 11.4 Å². The first kappa shape index (κ1) is 13.0. The number of rotatable bonds is 4. The van der Waals surface area contributed by atoms with Crippen LogP contribution in [0.5, 0.6) is 0 Å². The van der Waals surface area contributed by atoms with Crippen LogP contribution >= 0.6 is 23.4 Å². The maximum atomic E-state index is 6.00. The summed E-state index contributed by atoms with van der Waals surface area (Å²) in [5.41, 5.74) is 0.946. The fourth-order valence-corrected chi connectivity index (χ4v) is 3.59. The molecule has 0 aliphatic heterocycles. The van der Waals surface area contributed by atoms with Gasteiger partial charge in [0.1, 0.15) is 17.3 Å². The van der Waals surface area contributed by atoms with E-state index < -0.39 is 0 Å². The molecule has 1 saturated carbocycles. The van der Waals surface area contributed by atoms with Gasteiger partial charge in [0.15, 0.2) is 0 Å². The first-order chi connectivity index (χ1) is 8.22. The van der Waals surface area contributed by atoms with E-state index in [1.165, 1.54) is 31.3 Å². The van der Waals surface area contributed by atoms with Gasteiger partial charge in [-0.05, 0) is 25.5 Å². The molecule has 5 heteroatoms. The molecule has 2 atom stereocenters. The van der Waals surface area contributed by atoms with Crippen LogP contribution in [0, 0.1) is 6.92 Å². The minimum atomic E-state index is 0.518. The third kappa shape index (κ3) is 3.05. The van der Waals surface area contributed by atoms with Crippen molar-refractivity contribution in [2.45, 2.75) is 44.4 Å². The van der Waals surface area contributed by atoms with Crippen LogP contribution in [0.4, 0.5) is 5.82 Å². The van der Waals surface area contributed by atoms with E-state index in [4.69, 9.17) is 11.6 Å². The monoisotopic (exact) mass is 271 g/mol. The van der Waals surface area contributed by atoms with Crippen LogP contribution in [0.15, 0.2) is 6.33 Å². The first-order valence-electron chi connectivity index (χ1n) is 6.07. The second-order valence-corrected chi connectivity index (χ2v) is 6.19. The third-order valence-corrected chi connectivity index (χ3v) is 4.88. The standard InChI is InChI=1S/C12H18ClN3S/c1-3-17-10-6-4-5-9(10)16-12-8(2)11(13)14-7-15-12/h7,9-10H,3-6H2,1-2H3,(H,14,15,16). The van der Waals surface area contributed by atoms with Gasteiger partial charge in [0.05, 0.1) is 0 Å². The molecule has 0 saturated heterocycles. The zero-order valence-corrected chi connectivity index (χ0v) is 11.8. The Hall–Kier alpha value is -0.480. The molecule has 0 radical (unpaired) electrons. The summed E-state index contributed by atoms with van der Waals surface area (Å²) in [4.78, 5) is 8.26. The molecule has 94 valence electrons. The molecule has 2 rings (SSSR count). The van der Waals surface area contributed by atoms with Gasteiger partial charge in [-0.2, -0.15) is 11.8 Å². The Morgan fingerprint density at radius 1 is 1.47 bits per heavy atom. The van der Waals surface area contributed by atoms with E-state index >= 15 is 0 Å². The third-order valence-electron chi connectivity index (χ3n) is 3.18. The van der Waals surface area contributed by atoms with Crippen LogP contribution < -0.4 is 5.32 Å². The first-order valence-corrected chi connectivity index (χ1v) is 7.50. The Morgan fingerprint density at radius 3 is 3.06 bits per heavy atom. The molecule has 17 heavy (non-hydrogen) atoms. The number of aromatic nitrogens is 2. The lowest BCUT2D eigenvalue weighted by atomic mass is 10.2. The van der Waals surface area contributed by atoms with Gasteiger partial charge in [0.25, 0.3) is 0 Å². The minimum Gasteiger partial charge on any atom is -0.366 e. The van der Waals surface area contributed by atoms with Crippen molar-refractivity contribution in [1.82, 2.24) is 9.97 Å².